The second-order valence-electron chi connectivity index (χ2n) is 8.81. The minimum Gasteiger partial charge on any atom is -0.357 e. The Bertz CT molecular complexity index is 678. The molecule has 2 rings (SSSR count). The van der Waals surface area contributed by atoms with Gasteiger partial charge < -0.3 is 14.8 Å². The number of nitrogens with zero attached hydrogens (tertiary/aromatic N) is 1. The second-order valence-corrected chi connectivity index (χ2v) is 14.0. The smallest absolute Gasteiger partial charge is 0.333 e. The van der Waals surface area contributed by atoms with E-state index in [0.717, 1.165) is 5.56 Å². The Balaban J connectivity index is 2.31. The summed E-state index contributed by atoms with van der Waals surface area (Å²) in [7, 11) is -1.80. The lowest BCUT2D eigenvalue weighted by Gasteiger charge is -2.35. The molecule has 0 aliphatic carbocycles. The van der Waals surface area contributed by atoms with Crippen molar-refractivity contribution in [2.24, 2.45) is 5.92 Å². The fourth-order valence-electron chi connectivity index (χ4n) is 3.22. The predicted molar refractivity (Wildman–Crippen MR) is 116 cm³/mol. The number of carbonyl (C=O) groups is 2. The van der Waals surface area contributed by atoms with E-state index in [9.17, 15) is 9.59 Å². The lowest BCUT2D eigenvalue weighted by Crippen LogP contribution is -2.53. The van der Waals surface area contributed by atoms with Gasteiger partial charge in [0.15, 0.2) is 0 Å². The lowest BCUT2D eigenvalue weighted by atomic mass is 10.0. The third-order valence-corrected chi connectivity index (χ3v) is 6.46. The minimum atomic E-state index is -1.80. The molecule has 3 amide bonds. The highest BCUT2D eigenvalue weighted by molar-refractivity contribution is 6.77. The van der Waals surface area contributed by atoms with Crippen molar-refractivity contribution >= 4 is 20.0 Å². The molecule has 0 aromatic heterocycles. The van der Waals surface area contributed by atoms with Gasteiger partial charge in [-0.3, -0.25) is 4.79 Å². The van der Waals surface area contributed by atoms with E-state index in [4.69, 9.17) is 9.47 Å². The van der Waals surface area contributed by atoms with Gasteiger partial charge in [0.05, 0.1) is 12.6 Å². The maximum absolute atomic E-state index is 12.6. The van der Waals surface area contributed by atoms with Crippen LogP contribution in [-0.4, -0.2) is 56.2 Å². The largest absolute Gasteiger partial charge is 0.357 e. The van der Waals surface area contributed by atoms with Crippen molar-refractivity contribution in [3.63, 3.8) is 0 Å². The summed E-state index contributed by atoms with van der Waals surface area (Å²) in [6.07, 6.45) is 0.202. The average molecular weight is 422 g/mol. The molecule has 1 aliphatic heterocycles. The number of rotatable bonds is 8. The van der Waals surface area contributed by atoms with Crippen LogP contribution in [0.25, 0.3) is 0 Å². The zero-order valence-corrected chi connectivity index (χ0v) is 19.4. The molecular weight excluding hydrogens is 386 g/mol. The summed E-state index contributed by atoms with van der Waals surface area (Å²) in [5.41, 5.74) is 3.77. The van der Waals surface area contributed by atoms with Gasteiger partial charge in [0.25, 0.3) is 0 Å². The molecule has 1 aromatic carbocycles. The van der Waals surface area contributed by atoms with E-state index < -0.39 is 20.2 Å². The number of benzene rings is 1. The summed E-state index contributed by atoms with van der Waals surface area (Å²) in [5, 5.41) is 4.37. The van der Waals surface area contributed by atoms with Crippen molar-refractivity contribution in [2.45, 2.75) is 64.9 Å². The van der Waals surface area contributed by atoms with Gasteiger partial charge in [-0.15, -0.1) is 0 Å². The molecule has 0 radical (unpaired) electrons. The van der Waals surface area contributed by atoms with Crippen molar-refractivity contribution in [1.82, 2.24) is 15.8 Å². The van der Waals surface area contributed by atoms with E-state index >= 15 is 0 Å². The summed E-state index contributed by atoms with van der Waals surface area (Å²) in [4.78, 5) is 25.1. The standard InChI is InChI=1S/C21H35N3O4Si/c1-7-27-21(29(4,5)6)28-18-14-24(19(25)15(2)3)23-20(26)22-17(18)13-16-11-9-8-10-12-16/h8-12,15,17-18,21H,7,13-14H2,1-6H3,(H2,22,23,26)/t17-,18-,21?/m1/s1. The van der Waals surface area contributed by atoms with Gasteiger partial charge in [0.2, 0.25) is 5.91 Å². The monoisotopic (exact) mass is 421 g/mol. The van der Waals surface area contributed by atoms with E-state index in [-0.39, 0.29) is 30.3 Å². The highest BCUT2D eigenvalue weighted by atomic mass is 28.3. The van der Waals surface area contributed by atoms with Crippen LogP contribution in [-0.2, 0) is 20.7 Å². The average Bonchev–Trinajstić information content (AvgIpc) is 2.79. The molecule has 1 saturated heterocycles. The fourth-order valence-corrected chi connectivity index (χ4v) is 4.47. The van der Waals surface area contributed by atoms with Crippen molar-refractivity contribution in [1.29, 1.82) is 0 Å². The quantitative estimate of drug-likeness (QED) is 0.500. The summed E-state index contributed by atoms with van der Waals surface area (Å²) < 4.78 is 12.4. The van der Waals surface area contributed by atoms with Gasteiger partial charge in [0, 0.05) is 12.5 Å². The topological polar surface area (TPSA) is 79.9 Å². The Morgan fingerprint density at radius 3 is 2.45 bits per heavy atom. The van der Waals surface area contributed by atoms with E-state index in [0.29, 0.717) is 13.0 Å². The van der Waals surface area contributed by atoms with Crippen LogP contribution in [0.1, 0.15) is 26.3 Å². The number of amides is 3. The molecule has 0 bridgehead atoms. The van der Waals surface area contributed by atoms with Crippen LogP contribution in [0.5, 0.6) is 0 Å². The zero-order chi connectivity index (χ0) is 21.6. The number of nitrogens with one attached hydrogen (secondary N) is 2. The first-order chi connectivity index (χ1) is 13.6. The van der Waals surface area contributed by atoms with Gasteiger partial charge in [-0.2, -0.15) is 0 Å². The van der Waals surface area contributed by atoms with Gasteiger partial charge in [-0.1, -0.05) is 63.8 Å². The van der Waals surface area contributed by atoms with Crippen LogP contribution in [0, 0.1) is 5.92 Å². The fraction of sp³-hybridized carbons (Fsp3) is 0.619. The number of urea groups is 1. The van der Waals surface area contributed by atoms with Crippen molar-refractivity contribution < 1.29 is 19.1 Å². The molecular formula is C21H35N3O4Si. The number of hydrogen-bond donors (Lipinski definition) is 2. The predicted octanol–water partition coefficient (Wildman–Crippen LogP) is 2.94. The molecule has 1 heterocycles. The van der Waals surface area contributed by atoms with Crippen LogP contribution < -0.4 is 10.7 Å². The summed E-state index contributed by atoms with van der Waals surface area (Å²) in [5.74, 6) is -0.710. The molecule has 0 spiro atoms. The molecule has 1 unspecified atom stereocenters. The van der Waals surface area contributed by atoms with Gasteiger partial charge in [0.1, 0.15) is 20.1 Å². The Morgan fingerprint density at radius 2 is 1.90 bits per heavy atom. The molecule has 3 atom stereocenters. The molecule has 7 nitrogen and oxygen atoms in total. The zero-order valence-electron chi connectivity index (χ0n) is 18.4. The van der Waals surface area contributed by atoms with Crippen molar-refractivity contribution in [3.05, 3.63) is 35.9 Å². The summed E-state index contributed by atoms with van der Waals surface area (Å²) >= 11 is 0. The van der Waals surface area contributed by atoms with Crippen molar-refractivity contribution in [3.8, 4) is 0 Å². The molecule has 1 aliphatic rings. The minimum absolute atomic E-state index is 0.143. The van der Waals surface area contributed by atoms with E-state index in [1.165, 1.54) is 5.01 Å². The first kappa shape index (κ1) is 23.4. The molecule has 8 heteroatoms. The van der Waals surface area contributed by atoms with E-state index in [1.54, 1.807) is 0 Å². The lowest BCUT2D eigenvalue weighted by molar-refractivity contribution is -0.151. The molecule has 162 valence electrons. The molecule has 1 fully saturated rings. The Labute approximate surface area is 175 Å². The number of hydrazine groups is 1. The third kappa shape index (κ3) is 6.83. The van der Waals surface area contributed by atoms with Crippen molar-refractivity contribution in [2.75, 3.05) is 13.2 Å². The highest BCUT2D eigenvalue weighted by Crippen LogP contribution is 2.20. The first-order valence-corrected chi connectivity index (χ1v) is 13.9. The molecule has 1 aromatic rings. The first-order valence-electron chi connectivity index (χ1n) is 10.3. The van der Waals surface area contributed by atoms with Crippen LogP contribution in [0.15, 0.2) is 30.3 Å². The maximum atomic E-state index is 12.6. The van der Waals surface area contributed by atoms with Crippen LogP contribution in [0.3, 0.4) is 0 Å². The Hall–Kier alpha value is -1.90. The van der Waals surface area contributed by atoms with Gasteiger partial charge in [-0.05, 0) is 18.9 Å². The van der Waals surface area contributed by atoms with E-state index in [1.807, 2.05) is 51.1 Å². The van der Waals surface area contributed by atoms with Crippen LogP contribution >= 0.6 is 0 Å². The number of carbonyl (C=O) groups excluding carboxylic acids is 2. The van der Waals surface area contributed by atoms with Crippen LogP contribution in [0.4, 0.5) is 4.79 Å². The molecule has 2 N–H and O–H groups in total. The molecule has 29 heavy (non-hydrogen) atoms. The maximum Gasteiger partial charge on any atom is 0.333 e. The van der Waals surface area contributed by atoms with Gasteiger partial charge >= 0.3 is 6.03 Å². The molecule has 0 saturated carbocycles. The Morgan fingerprint density at radius 1 is 1.24 bits per heavy atom. The third-order valence-electron chi connectivity index (χ3n) is 4.75. The summed E-state index contributed by atoms with van der Waals surface area (Å²) in [6.45, 7) is 12.9. The summed E-state index contributed by atoms with van der Waals surface area (Å²) in [6, 6.07) is 9.27. The van der Waals surface area contributed by atoms with Crippen LogP contribution in [0.2, 0.25) is 19.6 Å². The highest BCUT2D eigenvalue weighted by Gasteiger charge is 2.38. The number of hydrogen-bond acceptors (Lipinski definition) is 4. The number of ether oxygens (including phenoxy) is 2. The second kappa shape index (κ2) is 10.2. The van der Waals surface area contributed by atoms with Gasteiger partial charge in [-0.25, -0.2) is 15.2 Å². The van der Waals surface area contributed by atoms with E-state index in [2.05, 4.69) is 30.4 Å². The Kier molecular flexibility index (Phi) is 8.24. The normalized spacial score (nSPS) is 21.3. The SMILES string of the molecule is CCOC(O[C@@H]1CN(C(=O)C(C)C)NC(=O)N[C@@H]1Cc1ccccc1)[Si](C)(C)C.